The Morgan fingerprint density at radius 2 is 1.56 bits per heavy atom. The van der Waals surface area contributed by atoms with E-state index in [2.05, 4.69) is 54.0 Å². The molecule has 1 aromatic rings. The van der Waals surface area contributed by atoms with Crippen LogP contribution in [-0.4, -0.2) is 0 Å². The molecule has 0 heterocycles. The topological polar surface area (TPSA) is 0 Å². The maximum Gasteiger partial charge on any atom is 0.0397 e. The van der Waals surface area contributed by atoms with E-state index in [9.17, 15) is 0 Å². The van der Waals surface area contributed by atoms with Gasteiger partial charge in [0, 0.05) is 4.83 Å². The van der Waals surface area contributed by atoms with Gasteiger partial charge in [-0.1, -0.05) is 86.1 Å². The highest BCUT2D eigenvalue weighted by Gasteiger charge is 2.18. The predicted octanol–water partition coefficient (Wildman–Crippen LogP) is 6.22. The van der Waals surface area contributed by atoms with Crippen molar-refractivity contribution in [3.05, 3.63) is 35.4 Å². The van der Waals surface area contributed by atoms with Gasteiger partial charge in [0.05, 0.1) is 0 Å². The lowest BCUT2D eigenvalue weighted by Crippen LogP contribution is -2.08. The average Bonchev–Trinajstić information content (AvgIpc) is 2.40. The molecule has 0 nitrogen and oxygen atoms in total. The van der Waals surface area contributed by atoms with Crippen LogP contribution in [0.15, 0.2) is 24.3 Å². The molecule has 1 heteroatoms. The fourth-order valence-electron chi connectivity index (χ4n) is 2.94. The van der Waals surface area contributed by atoms with Crippen LogP contribution in [0.3, 0.4) is 0 Å². The lowest BCUT2D eigenvalue weighted by atomic mass is 9.85. The van der Waals surface area contributed by atoms with Crippen molar-refractivity contribution in [1.29, 1.82) is 0 Å². The van der Waals surface area contributed by atoms with Crippen LogP contribution in [0.2, 0.25) is 0 Å². The van der Waals surface area contributed by atoms with Crippen molar-refractivity contribution < 1.29 is 0 Å². The van der Waals surface area contributed by atoms with Crippen LogP contribution in [0.1, 0.15) is 74.2 Å². The summed E-state index contributed by atoms with van der Waals surface area (Å²) in [6, 6.07) is 9.18. The smallest absolute Gasteiger partial charge is 0.0397 e. The van der Waals surface area contributed by atoms with E-state index in [1.54, 1.807) is 0 Å². The van der Waals surface area contributed by atoms with Crippen LogP contribution in [-0.2, 0) is 0 Å². The Labute approximate surface area is 120 Å². The van der Waals surface area contributed by atoms with Crippen molar-refractivity contribution in [2.45, 2.75) is 63.1 Å². The summed E-state index contributed by atoms with van der Waals surface area (Å²) in [5.41, 5.74) is 2.89. The molecule has 0 aromatic heterocycles. The van der Waals surface area contributed by atoms with Gasteiger partial charge in [-0.2, -0.15) is 0 Å². The SMILES string of the molecule is CC(C)c1ccc(C(Br)CC2CCCCC2)cc1. The monoisotopic (exact) mass is 308 g/mol. The predicted molar refractivity (Wildman–Crippen MR) is 83.4 cm³/mol. The molecule has 1 saturated carbocycles. The van der Waals surface area contributed by atoms with Crippen molar-refractivity contribution in [3.8, 4) is 0 Å². The molecule has 0 N–H and O–H groups in total. The first-order valence-corrected chi connectivity index (χ1v) is 8.32. The Kier molecular flexibility index (Phi) is 5.29. The Balaban J connectivity index is 1.93. The minimum atomic E-state index is 0.543. The summed E-state index contributed by atoms with van der Waals surface area (Å²) >= 11 is 3.88. The van der Waals surface area contributed by atoms with Crippen LogP contribution in [0, 0.1) is 5.92 Å². The summed E-state index contributed by atoms with van der Waals surface area (Å²) in [7, 11) is 0. The largest absolute Gasteiger partial charge is 0.0839 e. The van der Waals surface area contributed by atoms with Crippen molar-refractivity contribution in [2.24, 2.45) is 5.92 Å². The molecule has 1 atom stereocenters. The van der Waals surface area contributed by atoms with E-state index in [-0.39, 0.29) is 0 Å². The maximum atomic E-state index is 3.88. The van der Waals surface area contributed by atoms with E-state index in [0.29, 0.717) is 10.7 Å². The summed E-state index contributed by atoms with van der Waals surface area (Å²) in [4.78, 5) is 0.543. The molecule has 0 aliphatic heterocycles. The molecule has 1 aliphatic carbocycles. The Morgan fingerprint density at radius 1 is 1.00 bits per heavy atom. The number of alkyl halides is 1. The van der Waals surface area contributed by atoms with Crippen molar-refractivity contribution in [3.63, 3.8) is 0 Å². The third kappa shape index (κ3) is 3.85. The quantitative estimate of drug-likeness (QED) is 0.579. The van der Waals surface area contributed by atoms with Crippen molar-refractivity contribution in [2.75, 3.05) is 0 Å². The third-order valence-corrected chi connectivity index (χ3v) is 5.13. The van der Waals surface area contributed by atoms with E-state index in [1.165, 1.54) is 49.7 Å². The third-order valence-electron chi connectivity index (χ3n) is 4.23. The summed E-state index contributed by atoms with van der Waals surface area (Å²) in [5.74, 6) is 1.57. The number of rotatable bonds is 4. The van der Waals surface area contributed by atoms with E-state index in [0.717, 1.165) is 5.92 Å². The molecular formula is C17H25Br. The van der Waals surface area contributed by atoms with E-state index < -0.39 is 0 Å². The highest BCUT2D eigenvalue weighted by atomic mass is 79.9. The average molecular weight is 309 g/mol. The van der Waals surface area contributed by atoms with Crippen LogP contribution >= 0.6 is 15.9 Å². The normalized spacial score (nSPS) is 19.1. The second-order valence-electron chi connectivity index (χ2n) is 6.03. The van der Waals surface area contributed by atoms with Crippen LogP contribution in [0.4, 0.5) is 0 Å². The molecule has 1 aliphatic rings. The molecule has 0 spiro atoms. The molecule has 0 bridgehead atoms. The molecule has 0 saturated heterocycles. The zero-order valence-electron chi connectivity index (χ0n) is 11.7. The van der Waals surface area contributed by atoms with Gasteiger partial charge in [0.25, 0.3) is 0 Å². The lowest BCUT2D eigenvalue weighted by Gasteiger charge is -2.24. The highest BCUT2D eigenvalue weighted by Crippen LogP contribution is 2.36. The van der Waals surface area contributed by atoms with Crippen molar-refractivity contribution >= 4 is 15.9 Å². The van der Waals surface area contributed by atoms with Gasteiger partial charge in [-0.3, -0.25) is 0 Å². The number of hydrogen-bond donors (Lipinski definition) is 0. The number of halogens is 1. The Hall–Kier alpha value is -0.300. The fraction of sp³-hybridized carbons (Fsp3) is 0.647. The zero-order valence-corrected chi connectivity index (χ0v) is 13.2. The lowest BCUT2D eigenvalue weighted by molar-refractivity contribution is 0.338. The van der Waals surface area contributed by atoms with Gasteiger partial charge in [-0.05, 0) is 29.4 Å². The van der Waals surface area contributed by atoms with Gasteiger partial charge in [0.15, 0.2) is 0 Å². The van der Waals surface area contributed by atoms with Gasteiger partial charge in [0.1, 0.15) is 0 Å². The highest BCUT2D eigenvalue weighted by molar-refractivity contribution is 9.09. The van der Waals surface area contributed by atoms with Gasteiger partial charge in [-0.15, -0.1) is 0 Å². The minimum absolute atomic E-state index is 0.543. The van der Waals surface area contributed by atoms with Gasteiger partial charge in [-0.25, -0.2) is 0 Å². The molecule has 100 valence electrons. The maximum absolute atomic E-state index is 3.88. The number of benzene rings is 1. The summed E-state index contributed by atoms with van der Waals surface area (Å²) in [6.07, 6.45) is 8.51. The first-order valence-electron chi connectivity index (χ1n) is 7.40. The van der Waals surface area contributed by atoms with E-state index in [1.807, 2.05) is 0 Å². The molecule has 2 rings (SSSR count). The standard InChI is InChI=1S/C17H25Br/c1-13(2)15-8-10-16(11-9-15)17(18)12-14-6-4-3-5-7-14/h8-11,13-14,17H,3-7,12H2,1-2H3. The van der Waals surface area contributed by atoms with Crippen LogP contribution in [0.5, 0.6) is 0 Å². The minimum Gasteiger partial charge on any atom is -0.0839 e. The first kappa shape index (κ1) is 14.1. The Bertz CT molecular complexity index is 346. The second kappa shape index (κ2) is 6.75. The van der Waals surface area contributed by atoms with E-state index in [4.69, 9.17) is 0 Å². The fourth-order valence-corrected chi connectivity index (χ4v) is 3.78. The second-order valence-corrected chi connectivity index (χ2v) is 7.13. The molecule has 1 fully saturated rings. The Morgan fingerprint density at radius 3 is 2.11 bits per heavy atom. The molecule has 1 unspecified atom stereocenters. The molecule has 18 heavy (non-hydrogen) atoms. The zero-order chi connectivity index (χ0) is 13.0. The van der Waals surface area contributed by atoms with Crippen LogP contribution < -0.4 is 0 Å². The van der Waals surface area contributed by atoms with Crippen LogP contribution in [0.25, 0.3) is 0 Å². The number of hydrogen-bond acceptors (Lipinski definition) is 0. The summed E-state index contributed by atoms with van der Waals surface area (Å²) in [5, 5.41) is 0. The molecule has 0 radical (unpaired) electrons. The van der Waals surface area contributed by atoms with Gasteiger partial charge >= 0.3 is 0 Å². The van der Waals surface area contributed by atoms with Gasteiger partial charge in [0.2, 0.25) is 0 Å². The summed E-state index contributed by atoms with van der Waals surface area (Å²) in [6.45, 7) is 4.51. The van der Waals surface area contributed by atoms with Gasteiger partial charge < -0.3 is 0 Å². The molecule has 0 amide bonds. The first-order chi connectivity index (χ1) is 8.66. The summed E-state index contributed by atoms with van der Waals surface area (Å²) < 4.78 is 0. The van der Waals surface area contributed by atoms with E-state index >= 15 is 0 Å². The molecular weight excluding hydrogens is 284 g/mol. The van der Waals surface area contributed by atoms with Crippen molar-refractivity contribution in [1.82, 2.24) is 0 Å². The molecule has 1 aromatic carbocycles.